The summed E-state index contributed by atoms with van der Waals surface area (Å²) in [7, 11) is 1.53. The number of nitrogens with zero attached hydrogens (tertiary/aromatic N) is 2. The molecule has 0 aliphatic heterocycles. The molecule has 0 unspecified atom stereocenters. The number of esters is 1. The van der Waals surface area contributed by atoms with Crippen molar-refractivity contribution in [3.8, 4) is 0 Å². The Bertz CT molecular complexity index is 648. The van der Waals surface area contributed by atoms with Crippen LogP contribution in [-0.2, 0) is 38.1 Å². The molecule has 0 atom stereocenters. The largest absolute Gasteiger partial charge is 0.480 e. The normalized spacial score (nSPS) is 10.9. The first-order valence-corrected chi connectivity index (χ1v) is 10.9. The summed E-state index contributed by atoms with van der Waals surface area (Å²) in [6.45, 7) is 9.54. The molecule has 1 N–H and O–H groups in total. The average molecular weight is 491 g/mol. The number of likely N-dealkylation sites (N-methyl/N-ethyl adjacent to an activating group) is 1. The van der Waals surface area contributed by atoms with E-state index in [-0.39, 0.29) is 38.8 Å². The van der Waals surface area contributed by atoms with Gasteiger partial charge in [-0.05, 0) is 20.8 Å². The Morgan fingerprint density at radius 1 is 0.912 bits per heavy atom. The van der Waals surface area contributed by atoms with Crippen LogP contribution in [-0.4, -0.2) is 117 Å². The molecule has 0 saturated carbocycles. The fourth-order valence-corrected chi connectivity index (χ4v) is 2.21. The molecule has 0 aromatic carbocycles. The fraction of sp³-hybridized carbons (Fsp3) is 0.727. The Morgan fingerprint density at radius 2 is 1.47 bits per heavy atom. The Kier molecular flexibility index (Phi) is 16.3. The standard InChI is InChI=1S/C22H38N2O10/c1-6-9-33-20(28)7-10-30-12-14-32-15-13-31-11-8-23(5)18(25)16-24(17-19(26)27)21(29)34-22(2,3)4/h6H,1,7-17H2,2-5H3,(H,26,27). The van der Waals surface area contributed by atoms with Crippen molar-refractivity contribution in [2.45, 2.75) is 32.8 Å². The van der Waals surface area contributed by atoms with Crippen LogP contribution in [0.25, 0.3) is 0 Å². The van der Waals surface area contributed by atoms with Crippen LogP contribution in [0.2, 0.25) is 0 Å². The van der Waals surface area contributed by atoms with Crippen molar-refractivity contribution in [2.75, 3.05) is 72.9 Å². The minimum atomic E-state index is -1.25. The van der Waals surface area contributed by atoms with Crippen LogP contribution in [0.5, 0.6) is 0 Å². The lowest BCUT2D eigenvalue weighted by molar-refractivity contribution is -0.144. The van der Waals surface area contributed by atoms with Gasteiger partial charge in [0.05, 0.1) is 46.1 Å². The fourth-order valence-electron chi connectivity index (χ4n) is 2.21. The second-order valence-electron chi connectivity index (χ2n) is 8.10. The Labute approximate surface area is 200 Å². The van der Waals surface area contributed by atoms with Gasteiger partial charge >= 0.3 is 18.0 Å². The SMILES string of the molecule is C=CCOC(=O)CCOCCOCCOCCN(C)C(=O)CN(CC(=O)O)C(=O)OC(C)(C)C. The predicted molar refractivity (Wildman–Crippen MR) is 121 cm³/mol. The number of carbonyl (C=O) groups excluding carboxylic acids is 3. The van der Waals surface area contributed by atoms with Gasteiger partial charge in [0.1, 0.15) is 25.3 Å². The van der Waals surface area contributed by atoms with Gasteiger partial charge in [0.2, 0.25) is 5.91 Å². The van der Waals surface area contributed by atoms with E-state index in [1.165, 1.54) is 18.0 Å². The smallest absolute Gasteiger partial charge is 0.411 e. The molecule has 0 aliphatic rings. The number of amides is 2. The van der Waals surface area contributed by atoms with Crippen molar-refractivity contribution in [1.82, 2.24) is 9.80 Å². The van der Waals surface area contributed by atoms with E-state index in [9.17, 15) is 19.2 Å². The van der Waals surface area contributed by atoms with Crippen LogP contribution < -0.4 is 0 Å². The van der Waals surface area contributed by atoms with Gasteiger partial charge in [0.25, 0.3) is 0 Å². The summed E-state index contributed by atoms with van der Waals surface area (Å²) in [6, 6.07) is 0. The van der Waals surface area contributed by atoms with Gasteiger partial charge in [-0.1, -0.05) is 12.7 Å². The summed E-state index contributed by atoms with van der Waals surface area (Å²) in [5.41, 5.74) is -0.815. The molecule has 0 heterocycles. The number of aliphatic carboxylic acids is 1. The topological polar surface area (TPSA) is 141 Å². The van der Waals surface area contributed by atoms with Gasteiger partial charge in [0.15, 0.2) is 0 Å². The van der Waals surface area contributed by atoms with Gasteiger partial charge in [-0.25, -0.2) is 4.79 Å². The van der Waals surface area contributed by atoms with Gasteiger partial charge in [-0.15, -0.1) is 0 Å². The quantitative estimate of drug-likeness (QED) is 0.168. The lowest BCUT2D eigenvalue weighted by Crippen LogP contribution is -2.46. The maximum atomic E-state index is 12.3. The van der Waals surface area contributed by atoms with Crippen LogP contribution >= 0.6 is 0 Å². The van der Waals surface area contributed by atoms with E-state index in [1.807, 2.05) is 0 Å². The Balaban J connectivity index is 3.96. The first kappa shape index (κ1) is 31.3. The highest BCUT2D eigenvalue weighted by Gasteiger charge is 2.26. The molecule has 34 heavy (non-hydrogen) atoms. The molecule has 0 spiro atoms. The molecule has 0 aliphatic carbocycles. The van der Waals surface area contributed by atoms with Crippen LogP contribution in [0, 0.1) is 0 Å². The molecule has 0 rings (SSSR count). The van der Waals surface area contributed by atoms with E-state index in [0.717, 1.165) is 4.90 Å². The monoisotopic (exact) mass is 490 g/mol. The molecule has 0 aromatic rings. The summed E-state index contributed by atoms with van der Waals surface area (Å²) >= 11 is 0. The van der Waals surface area contributed by atoms with Gasteiger partial charge in [0, 0.05) is 13.6 Å². The summed E-state index contributed by atoms with van der Waals surface area (Å²) < 4.78 is 26.0. The highest BCUT2D eigenvalue weighted by atomic mass is 16.6. The third kappa shape index (κ3) is 17.8. The highest BCUT2D eigenvalue weighted by molar-refractivity contribution is 5.84. The zero-order valence-electron chi connectivity index (χ0n) is 20.6. The minimum absolute atomic E-state index is 0.162. The third-order valence-corrected chi connectivity index (χ3v) is 3.86. The van der Waals surface area contributed by atoms with Crippen molar-refractivity contribution in [3.05, 3.63) is 12.7 Å². The second-order valence-corrected chi connectivity index (χ2v) is 8.10. The zero-order chi connectivity index (χ0) is 26.0. The number of rotatable bonds is 18. The predicted octanol–water partition coefficient (Wildman–Crippen LogP) is 0.936. The van der Waals surface area contributed by atoms with E-state index in [1.54, 1.807) is 20.8 Å². The third-order valence-electron chi connectivity index (χ3n) is 3.86. The van der Waals surface area contributed by atoms with Crippen LogP contribution in [0.15, 0.2) is 12.7 Å². The molecule has 12 heteroatoms. The number of carboxylic acids is 1. The number of ether oxygens (including phenoxy) is 5. The van der Waals surface area contributed by atoms with E-state index >= 15 is 0 Å². The van der Waals surface area contributed by atoms with E-state index in [0.29, 0.717) is 26.4 Å². The summed E-state index contributed by atoms with van der Waals surface area (Å²) in [5.74, 6) is -2.05. The molecule has 0 aromatic heterocycles. The Morgan fingerprint density at radius 3 is 2.00 bits per heavy atom. The summed E-state index contributed by atoms with van der Waals surface area (Å²) in [6.07, 6.45) is 0.782. The van der Waals surface area contributed by atoms with Gasteiger partial charge in [-0.3, -0.25) is 19.3 Å². The molecule has 0 saturated heterocycles. The maximum Gasteiger partial charge on any atom is 0.411 e. The summed E-state index contributed by atoms with van der Waals surface area (Å²) in [5, 5.41) is 9.00. The molecule has 0 fully saturated rings. The number of carboxylic acid groups (broad SMARTS) is 1. The minimum Gasteiger partial charge on any atom is -0.480 e. The molecular formula is C22H38N2O10. The van der Waals surface area contributed by atoms with Gasteiger partial charge in [-0.2, -0.15) is 0 Å². The lowest BCUT2D eigenvalue weighted by Gasteiger charge is -2.27. The van der Waals surface area contributed by atoms with Crippen LogP contribution in [0.1, 0.15) is 27.2 Å². The van der Waals surface area contributed by atoms with Crippen LogP contribution in [0.4, 0.5) is 4.79 Å². The molecule has 0 radical (unpaired) electrons. The van der Waals surface area contributed by atoms with E-state index in [2.05, 4.69) is 6.58 Å². The zero-order valence-corrected chi connectivity index (χ0v) is 20.6. The van der Waals surface area contributed by atoms with Crippen molar-refractivity contribution in [3.63, 3.8) is 0 Å². The van der Waals surface area contributed by atoms with Crippen molar-refractivity contribution < 1.29 is 48.0 Å². The van der Waals surface area contributed by atoms with E-state index < -0.39 is 36.7 Å². The number of hydrogen-bond acceptors (Lipinski definition) is 9. The number of hydrogen-bond donors (Lipinski definition) is 1. The van der Waals surface area contributed by atoms with E-state index in [4.69, 9.17) is 28.8 Å². The van der Waals surface area contributed by atoms with Crippen molar-refractivity contribution in [1.29, 1.82) is 0 Å². The Hall–Kier alpha value is -2.70. The first-order chi connectivity index (χ1) is 16.0. The average Bonchev–Trinajstić information content (AvgIpc) is 2.73. The lowest BCUT2D eigenvalue weighted by atomic mass is 10.2. The molecular weight excluding hydrogens is 452 g/mol. The van der Waals surface area contributed by atoms with Crippen molar-refractivity contribution in [2.24, 2.45) is 0 Å². The first-order valence-electron chi connectivity index (χ1n) is 10.9. The summed E-state index contributed by atoms with van der Waals surface area (Å²) in [4.78, 5) is 49.0. The molecule has 12 nitrogen and oxygen atoms in total. The molecule has 0 bridgehead atoms. The van der Waals surface area contributed by atoms with Gasteiger partial charge < -0.3 is 33.7 Å². The molecule has 2 amide bonds. The van der Waals surface area contributed by atoms with Crippen LogP contribution in [0.3, 0.4) is 0 Å². The highest BCUT2D eigenvalue weighted by Crippen LogP contribution is 2.10. The number of carbonyl (C=O) groups is 4. The maximum absolute atomic E-state index is 12.3. The molecule has 196 valence electrons. The second kappa shape index (κ2) is 17.7. The van der Waals surface area contributed by atoms with Crippen molar-refractivity contribution >= 4 is 23.9 Å².